The fourth-order valence-electron chi connectivity index (χ4n) is 4.92. The summed E-state index contributed by atoms with van der Waals surface area (Å²) in [6.45, 7) is 4.54. The first-order chi connectivity index (χ1) is 11.1. The molecule has 1 saturated carbocycles. The molecule has 0 amide bonds. The summed E-state index contributed by atoms with van der Waals surface area (Å²) in [5.41, 5.74) is 5.98. The molecule has 3 aliphatic carbocycles. The van der Waals surface area contributed by atoms with E-state index < -0.39 is 0 Å². The van der Waals surface area contributed by atoms with E-state index >= 15 is 0 Å². The van der Waals surface area contributed by atoms with Crippen molar-refractivity contribution in [3.63, 3.8) is 0 Å². The van der Waals surface area contributed by atoms with E-state index in [1.54, 1.807) is 5.57 Å². The van der Waals surface area contributed by atoms with Crippen molar-refractivity contribution in [2.45, 2.75) is 51.9 Å². The summed E-state index contributed by atoms with van der Waals surface area (Å²) in [5, 5.41) is 9.75. The maximum absolute atomic E-state index is 9.75. The number of phenolic OH excluding ortho intramolecular Hbond substituents is 1. The zero-order valence-corrected chi connectivity index (χ0v) is 14.0. The lowest BCUT2D eigenvalue weighted by Gasteiger charge is -2.45. The van der Waals surface area contributed by atoms with E-state index in [1.807, 2.05) is 12.1 Å². The maximum atomic E-state index is 9.75. The fourth-order valence-corrected chi connectivity index (χ4v) is 4.92. The highest BCUT2D eigenvalue weighted by atomic mass is 16.3. The number of hydrogen-bond acceptors (Lipinski definition) is 1. The SMILES string of the molecule is CCC#CC1=CCC2C3=CCc4cc(O)ccc4C3CCC12C. The quantitative estimate of drug-likeness (QED) is 0.521. The highest BCUT2D eigenvalue weighted by Gasteiger charge is 2.48. The molecule has 3 aliphatic rings. The Kier molecular flexibility index (Phi) is 3.38. The van der Waals surface area contributed by atoms with Gasteiger partial charge in [-0.25, -0.2) is 0 Å². The van der Waals surface area contributed by atoms with Crippen LogP contribution in [-0.2, 0) is 6.42 Å². The Balaban J connectivity index is 1.69. The van der Waals surface area contributed by atoms with Crippen molar-refractivity contribution >= 4 is 0 Å². The number of allylic oxidation sites excluding steroid dienone is 4. The Morgan fingerprint density at radius 1 is 1.30 bits per heavy atom. The molecule has 0 spiro atoms. The molecule has 0 heterocycles. The lowest BCUT2D eigenvalue weighted by atomic mass is 9.58. The Bertz CT molecular complexity index is 771. The van der Waals surface area contributed by atoms with Gasteiger partial charge in [0, 0.05) is 23.3 Å². The molecule has 1 aromatic rings. The second-order valence-corrected chi connectivity index (χ2v) is 7.36. The van der Waals surface area contributed by atoms with E-state index in [9.17, 15) is 5.11 Å². The van der Waals surface area contributed by atoms with Crippen molar-refractivity contribution in [2.75, 3.05) is 0 Å². The molecule has 0 saturated heterocycles. The lowest BCUT2D eigenvalue weighted by molar-refractivity contribution is 0.224. The molecule has 1 aromatic carbocycles. The Labute approximate surface area is 139 Å². The number of rotatable bonds is 0. The van der Waals surface area contributed by atoms with Gasteiger partial charge in [-0.3, -0.25) is 0 Å². The third kappa shape index (κ3) is 2.16. The van der Waals surface area contributed by atoms with E-state index in [2.05, 4.69) is 43.9 Å². The summed E-state index contributed by atoms with van der Waals surface area (Å²) in [6, 6.07) is 5.94. The minimum Gasteiger partial charge on any atom is -0.508 e. The van der Waals surface area contributed by atoms with Gasteiger partial charge in [0.25, 0.3) is 0 Å². The zero-order chi connectivity index (χ0) is 16.0. The molecule has 0 aromatic heterocycles. The van der Waals surface area contributed by atoms with Crippen molar-refractivity contribution in [1.82, 2.24) is 0 Å². The van der Waals surface area contributed by atoms with E-state index in [4.69, 9.17) is 0 Å². The molecule has 0 radical (unpaired) electrons. The minimum absolute atomic E-state index is 0.235. The van der Waals surface area contributed by atoms with Gasteiger partial charge in [-0.2, -0.15) is 0 Å². The smallest absolute Gasteiger partial charge is 0.115 e. The first-order valence-corrected chi connectivity index (χ1v) is 8.84. The second kappa shape index (κ2) is 5.31. The van der Waals surface area contributed by atoms with Crippen molar-refractivity contribution in [2.24, 2.45) is 11.3 Å². The lowest BCUT2D eigenvalue weighted by Crippen LogP contribution is -2.35. The number of fused-ring (bicyclic) bond motifs is 5. The van der Waals surface area contributed by atoms with E-state index in [-0.39, 0.29) is 5.41 Å². The first kappa shape index (κ1) is 14.6. The second-order valence-electron chi connectivity index (χ2n) is 7.36. The summed E-state index contributed by atoms with van der Waals surface area (Å²) in [6.07, 6.45) is 10.3. The summed E-state index contributed by atoms with van der Waals surface area (Å²) >= 11 is 0. The van der Waals surface area contributed by atoms with Gasteiger partial charge in [-0.15, -0.1) is 0 Å². The average molecular weight is 304 g/mol. The topological polar surface area (TPSA) is 20.2 Å². The van der Waals surface area contributed by atoms with Crippen LogP contribution in [0.25, 0.3) is 0 Å². The number of aromatic hydroxyl groups is 1. The van der Waals surface area contributed by atoms with Crippen LogP contribution in [0.3, 0.4) is 0 Å². The molecule has 1 nitrogen and oxygen atoms in total. The molecule has 1 N–H and O–H groups in total. The predicted molar refractivity (Wildman–Crippen MR) is 94.2 cm³/mol. The summed E-state index contributed by atoms with van der Waals surface area (Å²) < 4.78 is 0. The standard InChI is InChI=1S/C22H24O/c1-3-4-5-16-7-11-21-20-9-6-15-14-17(23)8-10-18(15)19(20)12-13-22(16,21)2/h7-10,14,19,21,23H,3,6,11-13H2,1-2H3. The van der Waals surface area contributed by atoms with Gasteiger partial charge in [0.1, 0.15) is 5.75 Å². The zero-order valence-electron chi connectivity index (χ0n) is 14.0. The molecule has 0 bridgehead atoms. The van der Waals surface area contributed by atoms with Crippen LogP contribution in [0.5, 0.6) is 5.75 Å². The largest absolute Gasteiger partial charge is 0.508 e. The Hall–Kier alpha value is -1.94. The molecule has 118 valence electrons. The van der Waals surface area contributed by atoms with Crippen LogP contribution < -0.4 is 0 Å². The molecule has 3 unspecified atom stereocenters. The summed E-state index contributed by atoms with van der Waals surface area (Å²) in [7, 11) is 0. The van der Waals surface area contributed by atoms with Gasteiger partial charge in [0.15, 0.2) is 0 Å². The average Bonchev–Trinajstić information content (AvgIpc) is 2.89. The van der Waals surface area contributed by atoms with Gasteiger partial charge in [0.05, 0.1) is 0 Å². The fraction of sp³-hybridized carbons (Fsp3) is 0.455. The van der Waals surface area contributed by atoms with Crippen molar-refractivity contribution in [1.29, 1.82) is 0 Å². The summed E-state index contributed by atoms with van der Waals surface area (Å²) in [4.78, 5) is 0. The normalized spacial score (nSPS) is 31.0. The van der Waals surface area contributed by atoms with Crippen molar-refractivity contribution in [3.8, 4) is 17.6 Å². The van der Waals surface area contributed by atoms with Crippen LogP contribution in [0.15, 0.2) is 41.5 Å². The van der Waals surface area contributed by atoms with Crippen LogP contribution in [-0.4, -0.2) is 5.11 Å². The van der Waals surface area contributed by atoms with Crippen LogP contribution in [0, 0.1) is 23.2 Å². The molecule has 1 fully saturated rings. The van der Waals surface area contributed by atoms with Gasteiger partial charge in [0.2, 0.25) is 0 Å². The van der Waals surface area contributed by atoms with E-state index in [0.717, 1.165) is 19.3 Å². The highest BCUT2D eigenvalue weighted by Crippen LogP contribution is 2.59. The first-order valence-electron chi connectivity index (χ1n) is 8.84. The Morgan fingerprint density at radius 3 is 3.00 bits per heavy atom. The monoisotopic (exact) mass is 304 g/mol. The third-order valence-electron chi connectivity index (χ3n) is 6.16. The summed E-state index contributed by atoms with van der Waals surface area (Å²) in [5.74, 6) is 8.27. The van der Waals surface area contributed by atoms with Gasteiger partial charge in [-0.1, -0.05) is 49.5 Å². The van der Waals surface area contributed by atoms with Crippen molar-refractivity contribution < 1.29 is 5.11 Å². The molecule has 4 rings (SSSR count). The highest BCUT2D eigenvalue weighted by molar-refractivity contribution is 5.50. The van der Waals surface area contributed by atoms with E-state index in [0.29, 0.717) is 17.6 Å². The van der Waals surface area contributed by atoms with Crippen molar-refractivity contribution in [3.05, 3.63) is 52.6 Å². The number of benzene rings is 1. The number of phenols is 1. The molecule has 1 heteroatoms. The van der Waals surface area contributed by atoms with Crippen LogP contribution in [0.4, 0.5) is 0 Å². The van der Waals surface area contributed by atoms with Gasteiger partial charge < -0.3 is 5.11 Å². The van der Waals surface area contributed by atoms with Gasteiger partial charge in [-0.05, 0) is 54.9 Å². The third-order valence-corrected chi connectivity index (χ3v) is 6.16. The molecule has 3 atom stereocenters. The molecular weight excluding hydrogens is 280 g/mol. The maximum Gasteiger partial charge on any atom is 0.115 e. The minimum atomic E-state index is 0.235. The van der Waals surface area contributed by atoms with Crippen LogP contribution >= 0.6 is 0 Å². The van der Waals surface area contributed by atoms with Crippen LogP contribution in [0.2, 0.25) is 0 Å². The van der Waals surface area contributed by atoms with E-state index in [1.165, 1.54) is 29.5 Å². The molecular formula is C22H24O. The molecule has 0 aliphatic heterocycles. The number of hydrogen-bond donors (Lipinski definition) is 1. The van der Waals surface area contributed by atoms with Gasteiger partial charge >= 0.3 is 0 Å². The molecule has 23 heavy (non-hydrogen) atoms. The van der Waals surface area contributed by atoms with Crippen LogP contribution in [0.1, 0.15) is 56.6 Å². The Morgan fingerprint density at radius 2 is 2.17 bits per heavy atom. The predicted octanol–water partition coefficient (Wildman–Crippen LogP) is 5.12.